The standard InChI is InChI=1S/C24H21N5O4/c1-33-20-11-9-16(10-12-20)15-29-27-22(26-28-29)17-6-4-7-18(13-17)23(30)25-14-19-5-2-3-8-21(19)24(31)32/h2-13H,14-15H2,1H3,(H,25,30)(H,31,32). The number of carbonyl (C=O) groups excluding carboxylic acids is 1. The Morgan fingerprint density at radius 1 is 1.03 bits per heavy atom. The number of nitrogens with one attached hydrogen (secondary N) is 1. The fourth-order valence-corrected chi connectivity index (χ4v) is 3.28. The van der Waals surface area contributed by atoms with E-state index in [9.17, 15) is 14.7 Å². The Kier molecular flexibility index (Phi) is 6.40. The number of aromatic carboxylic acids is 1. The number of nitrogens with zero attached hydrogens (tertiary/aromatic N) is 4. The summed E-state index contributed by atoms with van der Waals surface area (Å²) in [4.78, 5) is 25.5. The highest BCUT2D eigenvalue weighted by atomic mass is 16.5. The number of carbonyl (C=O) groups is 2. The molecular weight excluding hydrogens is 422 g/mol. The number of carboxylic acid groups (broad SMARTS) is 1. The largest absolute Gasteiger partial charge is 0.497 e. The first-order valence-electron chi connectivity index (χ1n) is 10.1. The average molecular weight is 443 g/mol. The maximum atomic E-state index is 12.7. The van der Waals surface area contributed by atoms with Crippen molar-refractivity contribution < 1.29 is 19.4 Å². The Morgan fingerprint density at radius 3 is 2.58 bits per heavy atom. The molecule has 0 aliphatic rings. The SMILES string of the molecule is COc1ccc(Cn2nnc(-c3cccc(C(=O)NCc4ccccc4C(=O)O)c3)n2)cc1. The zero-order valence-electron chi connectivity index (χ0n) is 17.8. The van der Waals surface area contributed by atoms with E-state index >= 15 is 0 Å². The molecule has 3 aromatic carbocycles. The van der Waals surface area contributed by atoms with Gasteiger partial charge in [0.2, 0.25) is 5.82 Å². The molecule has 4 aromatic rings. The predicted molar refractivity (Wildman–Crippen MR) is 120 cm³/mol. The van der Waals surface area contributed by atoms with Crippen LogP contribution in [-0.2, 0) is 13.1 Å². The molecule has 0 saturated carbocycles. The minimum absolute atomic E-state index is 0.0990. The summed E-state index contributed by atoms with van der Waals surface area (Å²) < 4.78 is 5.16. The van der Waals surface area contributed by atoms with Gasteiger partial charge < -0.3 is 15.2 Å². The van der Waals surface area contributed by atoms with Crippen LogP contribution in [-0.4, -0.2) is 44.3 Å². The number of methoxy groups -OCH3 is 1. The van der Waals surface area contributed by atoms with Crippen molar-refractivity contribution in [2.24, 2.45) is 0 Å². The summed E-state index contributed by atoms with van der Waals surface area (Å²) in [6, 6.07) is 21.0. The van der Waals surface area contributed by atoms with Crippen LogP contribution in [0.2, 0.25) is 0 Å². The van der Waals surface area contributed by atoms with E-state index in [1.54, 1.807) is 49.6 Å². The Hall–Kier alpha value is -4.53. The molecule has 2 N–H and O–H groups in total. The Bertz CT molecular complexity index is 1280. The third-order valence-electron chi connectivity index (χ3n) is 5.01. The van der Waals surface area contributed by atoms with Crippen molar-refractivity contribution in [1.29, 1.82) is 0 Å². The van der Waals surface area contributed by atoms with Crippen LogP contribution in [0, 0.1) is 0 Å². The van der Waals surface area contributed by atoms with Gasteiger partial charge >= 0.3 is 5.97 Å². The monoisotopic (exact) mass is 443 g/mol. The molecule has 0 radical (unpaired) electrons. The number of carboxylic acids is 1. The van der Waals surface area contributed by atoms with E-state index in [1.165, 1.54) is 10.9 Å². The quantitative estimate of drug-likeness (QED) is 0.430. The van der Waals surface area contributed by atoms with E-state index in [1.807, 2.05) is 24.3 Å². The number of benzene rings is 3. The molecule has 4 rings (SSSR count). The summed E-state index contributed by atoms with van der Waals surface area (Å²) >= 11 is 0. The van der Waals surface area contributed by atoms with E-state index in [0.29, 0.717) is 29.1 Å². The van der Waals surface area contributed by atoms with Gasteiger partial charge in [-0.3, -0.25) is 4.79 Å². The summed E-state index contributed by atoms with van der Waals surface area (Å²) in [5, 5.41) is 24.7. The molecule has 0 bridgehead atoms. The number of hydrogen-bond donors (Lipinski definition) is 2. The first-order valence-corrected chi connectivity index (χ1v) is 10.1. The Labute approximate surface area is 189 Å². The zero-order chi connectivity index (χ0) is 23.2. The first-order chi connectivity index (χ1) is 16.0. The molecular formula is C24H21N5O4. The fourth-order valence-electron chi connectivity index (χ4n) is 3.28. The molecule has 0 aliphatic heterocycles. The second-order valence-electron chi connectivity index (χ2n) is 7.22. The topological polar surface area (TPSA) is 119 Å². The van der Waals surface area contributed by atoms with Crippen LogP contribution in [0.4, 0.5) is 0 Å². The molecule has 0 atom stereocenters. The Balaban J connectivity index is 1.44. The van der Waals surface area contributed by atoms with Crippen LogP contribution in [0.25, 0.3) is 11.4 Å². The van der Waals surface area contributed by atoms with Crippen LogP contribution in [0.5, 0.6) is 5.75 Å². The highest BCUT2D eigenvalue weighted by Gasteiger charge is 2.13. The number of aromatic nitrogens is 4. The van der Waals surface area contributed by atoms with E-state index in [4.69, 9.17) is 4.74 Å². The van der Waals surface area contributed by atoms with Gasteiger partial charge in [0.25, 0.3) is 5.91 Å². The normalized spacial score (nSPS) is 10.6. The zero-order valence-corrected chi connectivity index (χ0v) is 17.8. The lowest BCUT2D eigenvalue weighted by Crippen LogP contribution is -2.24. The number of ether oxygens (including phenoxy) is 1. The molecule has 0 fully saturated rings. The highest BCUT2D eigenvalue weighted by Crippen LogP contribution is 2.17. The number of rotatable bonds is 8. The van der Waals surface area contributed by atoms with Gasteiger partial charge in [0, 0.05) is 17.7 Å². The molecule has 1 aromatic heterocycles. The molecule has 0 spiro atoms. The third-order valence-corrected chi connectivity index (χ3v) is 5.01. The van der Waals surface area contributed by atoms with Crippen molar-refractivity contribution in [2.75, 3.05) is 7.11 Å². The average Bonchev–Trinajstić information content (AvgIpc) is 3.31. The molecule has 33 heavy (non-hydrogen) atoms. The van der Waals surface area contributed by atoms with Crippen molar-refractivity contribution in [3.8, 4) is 17.1 Å². The minimum atomic E-state index is -1.04. The van der Waals surface area contributed by atoms with Gasteiger partial charge in [-0.1, -0.05) is 42.5 Å². The van der Waals surface area contributed by atoms with E-state index in [-0.39, 0.29) is 18.0 Å². The van der Waals surface area contributed by atoms with E-state index in [0.717, 1.165) is 11.3 Å². The molecule has 0 unspecified atom stereocenters. The molecule has 9 nitrogen and oxygen atoms in total. The van der Waals surface area contributed by atoms with Crippen LogP contribution in [0.3, 0.4) is 0 Å². The lowest BCUT2D eigenvalue weighted by atomic mass is 10.1. The molecule has 166 valence electrons. The van der Waals surface area contributed by atoms with Crippen molar-refractivity contribution >= 4 is 11.9 Å². The van der Waals surface area contributed by atoms with Gasteiger partial charge in [-0.05, 0) is 46.7 Å². The van der Waals surface area contributed by atoms with Crippen LogP contribution in [0.15, 0.2) is 72.8 Å². The van der Waals surface area contributed by atoms with Crippen molar-refractivity contribution in [3.63, 3.8) is 0 Å². The number of tetrazole rings is 1. The van der Waals surface area contributed by atoms with Gasteiger partial charge in [0.05, 0.1) is 19.2 Å². The fraction of sp³-hybridized carbons (Fsp3) is 0.125. The number of hydrogen-bond acceptors (Lipinski definition) is 6. The third kappa shape index (κ3) is 5.21. The second-order valence-corrected chi connectivity index (χ2v) is 7.22. The van der Waals surface area contributed by atoms with E-state index < -0.39 is 5.97 Å². The van der Waals surface area contributed by atoms with Crippen LogP contribution < -0.4 is 10.1 Å². The summed E-state index contributed by atoms with van der Waals surface area (Å²) in [5.74, 6) is -0.199. The highest BCUT2D eigenvalue weighted by molar-refractivity contribution is 5.95. The summed E-state index contributed by atoms with van der Waals surface area (Å²) in [6.45, 7) is 0.544. The molecule has 1 heterocycles. The summed E-state index contributed by atoms with van der Waals surface area (Å²) in [6.07, 6.45) is 0. The molecule has 0 saturated heterocycles. The van der Waals surface area contributed by atoms with Gasteiger partial charge in [-0.25, -0.2) is 4.79 Å². The lowest BCUT2D eigenvalue weighted by Gasteiger charge is -2.08. The van der Waals surface area contributed by atoms with E-state index in [2.05, 4.69) is 20.7 Å². The second kappa shape index (κ2) is 9.73. The van der Waals surface area contributed by atoms with Gasteiger partial charge in [-0.15, -0.1) is 10.2 Å². The first kappa shape index (κ1) is 21.7. The Morgan fingerprint density at radius 2 is 1.82 bits per heavy atom. The maximum absolute atomic E-state index is 12.7. The maximum Gasteiger partial charge on any atom is 0.336 e. The van der Waals surface area contributed by atoms with Crippen molar-refractivity contribution in [2.45, 2.75) is 13.1 Å². The van der Waals surface area contributed by atoms with Gasteiger partial charge in [0.1, 0.15) is 5.75 Å². The molecule has 9 heteroatoms. The van der Waals surface area contributed by atoms with Crippen molar-refractivity contribution in [3.05, 3.63) is 95.1 Å². The molecule has 0 aliphatic carbocycles. The smallest absolute Gasteiger partial charge is 0.336 e. The predicted octanol–water partition coefficient (Wildman–Crippen LogP) is 3.03. The lowest BCUT2D eigenvalue weighted by molar-refractivity contribution is 0.0694. The van der Waals surface area contributed by atoms with Crippen LogP contribution >= 0.6 is 0 Å². The summed E-state index contributed by atoms with van der Waals surface area (Å²) in [7, 11) is 1.61. The van der Waals surface area contributed by atoms with Crippen molar-refractivity contribution in [1.82, 2.24) is 25.5 Å². The summed E-state index contributed by atoms with van der Waals surface area (Å²) in [5.41, 5.74) is 2.73. The molecule has 1 amide bonds. The number of amides is 1. The van der Waals surface area contributed by atoms with Gasteiger partial charge in [0.15, 0.2) is 0 Å². The minimum Gasteiger partial charge on any atom is -0.497 e. The van der Waals surface area contributed by atoms with Gasteiger partial charge in [-0.2, -0.15) is 4.80 Å². The van der Waals surface area contributed by atoms with Crippen LogP contribution in [0.1, 0.15) is 31.8 Å².